The Hall–Kier alpha value is -1.62. The van der Waals surface area contributed by atoms with Crippen LogP contribution >= 0.6 is 0 Å². The number of anilines is 1. The van der Waals surface area contributed by atoms with Crippen molar-refractivity contribution >= 4 is 11.7 Å². The first-order valence-corrected chi connectivity index (χ1v) is 6.38. The molecule has 5 nitrogen and oxygen atoms in total. The van der Waals surface area contributed by atoms with Gasteiger partial charge in [-0.05, 0) is 31.9 Å². The standard InChI is InChI=1S/C13H19N3O2/c1-2-14-12-9-10(3-6-15-12)13(18)16-7-4-11(17)5-8-16/h3,6,9,11,17H,2,4-5,7-8H2,1H3,(H,14,15). The molecular weight excluding hydrogens is 230 g/mol. The third kappa shape index (κ3) is 2.98. The minimum atomic E-state index is -0.260. The number of nitrogens with one attached hydrogen (secondary N) is 1. The summed E-state index contributed by atoms with van der Waals surface area (Å²) >= 11 is 0. The first-order valence-electron chi connectivity index (χ1n) is 6.38. The molecule has 0 saturated carbocycles. The summed E-state index contributed by atoms with van der Waals surface area (Å²) in [6, 6.07) is 3.51. The Kier molecular flexibility index (Phi) is 4.15. The van der Waals surface area contributed by atoms with Crippen LogP contribution in [0, 0.1) is 0 Å². The molecule has 0 unspecified atom stereocenters. The summed E-state index contributed by atoms with van der Waals surface area (Å²) in [7, 11) is 0. The first-order chi connectivity index (χ1) is 8.70. The maximum atomic E-state index is 12.3. The van der Waals surface area contributed by atoms with E-state index in [0.29, 0.717) is 31.5 Å². The van der Waals surface area contributed by atoms with Crippen LogP contribution in [0.4, 0.5) is 5.82 Å². The third-order valence-corrected chi connectivity index (χ3v) is 3.12. The van der Waals surface area contributed by atoms with Gasteiger partial charge in [0.25, 0.3) is 5.91 Å². The number of rotatable bonds is 3. The fourth-order valence-corrected chi connectivity index (χ4v) is 2.09. The molecule has 0 radical (unpaired) electrons. The van der Waals surface area contributed by atoms with Gasteiger partial charge in [0.05, 0.1) is 6.10 Å². The van der Waals surface area contributed by atoms with E-state index >= 15 is 0 Å². The van der Waals surface area contributed by atoms with E-state index < -0.39 is 0 Å². The lowest BCUT2D eigenvalue weighted by atomic mass is 10.1. The predicted octanol–water partition coefficient (Wildman–Crippen LogP) is 1.11. The highest BCUT2D eigenvalue weighted by Crippen LogP contribution is 2.15. The maximum absolute atomic E-state index is 12.3. The van der Waals surface area contributed by atoms with Crippen molar-refractivity contribution in [3.05, 3.63) is 23.9 Å². The molecule has 5 heteroatoms. The van der Waals surface area contributed by atoms with E-state index in [1.807, 2.05) is 6.92 Å². The second-order valence-electron chi connectivity index (χ2n) is 4.48. The van der Waals surface area contributed by atoms with E-state index in [0.717, 1.165) is 12.4 Å². The average molecular weight is 249 g/mol. The van der Waals surface area contributed by atoms with Gasteiger partial charge < -0.3 is 15.3 Å². The summed E-state index contributed by atoms with van der Waals surface area (Å²) < 4.78 is 0. The van der Waals surface area contributed by atoms with E-state index in [1.54, 1.807) is 23.2 Å². The molecule has 1 aromatic rings. The van der Waals surface area contributed by atoms with Crippen molar-refractivity contribution in [1.82, 2.24) is 9.88 Å². The number of hydrogen-bond donors (Lipinski definition) is 2. The summed E-state index contributed by atoms with van der Waals surface area (Å²) in [6.07, 6.45) is 2.71. The van der Waals surface area contributed by atoms with Gasteiger partial charge in [-0.15, -0.1) is 0 Å². The fourth-order valence-electron chi connectivity index (χ4n) is 2.09. The highest BCUT2D eigenvalue weighted by molar-refractivity contribution is 5.94. The van der Waals surface area contributed by atoms with Crippen LogP contribution in [0.1, 0.15) is 30.1 Å². The maximum Gasteiger partial charge on any atom is 0.254 e. The van der Waals surface area contributed by atoms with Crippen molar-refractivity contribution in [1.29, 1.82) is 0 Å². The molecule has 1 amide bonds. The molecule has 2 heterocycles. The summed E-state index contributed by atoms with van der Waals surface area (Å²) in [5.74, 6) is 0.740. The molecule has 0 aliphatic carbocycles. The Morgan fingerprint density at radius 3 is 2.94 bits per heavy atom. The lowest BCUT2D eigenvalue weighted by molar-refractivity contribution is 0.0546. The fraction of sp³-hybridized carbons (Fsp3) is 0.538. The average Bonchev–Trinajstić information content (AvgIpc) is 2.39. The Labute approximate surface area is 107 Å². The number of nitrogens with zero attached hydrogens (tertiary/aromatic N) is 2. The highest BCUT2D eigenvalue weighted by Gasteiger charge is 2.22. The van der Waals surface area contributed by atoms with Crippen LogP contribution in [0.3, 0.4) is 0 Å². The van der Waals surface area contributed by atoms with Crippen LogP contribution in [-0.2, 0) is 0 Å². The molecule has 1 aliphatic rings. The predicted molar refractivity (Wildman–Crippen MR) is 69.5 cm³/mol. The van der Waals surface area contributed by atoms with Gasteiger partial charge in [-0.2, -0.15) is 0 Å². The number of aliphatic hydroxyl groups is 1. The zero-order valence-corrected chi connectivity index (χ0v) is 10.6. The zero-order chi connectivity index (χ0) is 13.0. The number of aromatic nitrogens is 1. The van der Waals surface area contributed by atoms with Gasteiger partial charge in [-0.1, -0.05) is 0 Å². The molecule has 1 aliphatic heterocycles. The Morgan fingerprint density at radius 1 is 1.56 bits per heavy atom. The molecular formula is C13H19N3O2. The van der Waals surface area contributed by atoms with Gasteiger partial charge >= 0.3 is 0 Å². The van der Waals surface area contributed by atoms with Gasteiger partial charge in [0.15, 0.2) is 0 Å². The van der Waals surface area contributed by atoms with Gasteiger partial charge in [0.1, 0.15) is 5.82 Å². The quantitative estimate of drug-likeness (QED) is 0.842. The largest absolute Gasteiger partial charge is 0.393 e. The van der Waals surface area contributed by atoms with Crippen LogP contribution in [0.2, 0.25) is 0 Å². The second kappa shape index (κ2) is 5.82. The smallest absolute Gasteiger partial charge is 0.254 e. The lowest BCUT2D eigenvalue weighted by Gasteiger charge is -2.29. The normalized spacial score (nSPS) is 16.7. The van der Waals surface area contributed by atoms with Crippen molar-refractivity contribution in [3.8, 4) is 0 Å². The number of piperidine rings is 1. The molecule has 98 valence electrons. The highest BCUT2D eigenvalue weighted by atomic mass is 16.3. The summed E-state index contributed by atoms with van der Waals surface area (Å²) in [4.78, 5) is 18.2. The summed E-state index contributed by atoms with van der Waals surface area (Å²) in [6.45, 7) is 4.01. The Morgan fingerprint density at radius 2 is 2.28 bits per heavy atom. The number of aliphatic hydroxyl groups excluding tert-OH is 1. The Balaban J connectivity index is 2.06. The van der Waals surface area contributed by atoms with Crippen molar-refractivity contribution in [3.63, 3.8) is 0 Å². The van der Waals surface area contributed by atoms with Crippen LogP contribution in [0.25, 0.3) is 0 Å². The second-order valence-corrected chi connectivity index (χ2v) is 4.48. The van der Waals surface area contributed by atoms with Crippen molar-refractivity contribution < 1.29 is 9.90 Å². The molecule has 2 rings (SSSR count). The van der Waals surface area contributed by atoms with E-state index in [1.165, 1.54) is 0 Å². The number of carbonyl (C=O) groups is 1. The van der Waals surface area contributed by atoms with Crippen molar-refractivity contribution in [2.75, 3.05) is 25.0 Å². The number of hydrogen-bond acceptors (Lipinski definition) is 4. The molecule has 1 saturated heterocycles. The van der Waals surface area contributed by atoms with Crippen LogP contribution in [0.15, 0.2) is 18.3 Å². The molecule has 0 atom stereocenters. The molecule has 1 fully saturated rings. The lowest BCUT2D eigenvalue weighted by Crippen LogP contribution is -2.40. The number of amides is 1. The summed E-state index contributed by atoms with van der Waals surface area (Å²) in [5, 5.41) is 12.5. The zero-order valence-electron chi connectivity index (χ0n) is 10.6. The number of carbonyl (C=O) groups excluding carboxylic acids is 1. The molecule has 2 N–H and O–H groups in total. The van der Waals surface area contributed by atoms with Gasteiger partial charge in [0, 0.05) is 31.4 Å². The molecule has 0 bridgehead atoms. The minimum absolute atomic E-state index is 0.0171. The van der Waals surface area contributed by atoms with Gasteiger partial charge in [-0.3, -0.25) is 4.79 Å². The number of pyridine rings is 1. The topological polar surface area (TPSA) is 65.5 Å². The summed E-state index contributed by atoms with van der Waals surface area (Å²) in [5.41, 5.74) is 0.650. The van der Waals surface area contributed by atoms with Gasteiger partial charge in [-0.25, -0.2) is 4.98 Å². The van der Waals surface area contributed by atoms with Gasteiger partial charge in [0.2, 0.25) is 0 Å². The van der Waals surface area contributed by atoms with E-state index in [-0.39, 0.29) is 12.0 Å². The van der Waals surface area contributed by atoms with Crippen LogP contribution in [-0.4, -0.2) is 46.6 Å². The molecule has 0 spiro atoms. The third-order valence-electron chi connectivity index (χ3n) is 3.12. The molecule has 18 heavy (non-hydrogen) atoms. The first kappa shape index (κ1) is 12.8. The van der Waals surface area contributed by atoms with Crippen LogP contribution in [0.5, 0.6) is 0 Å². The van der Waals surface area contributed by atoms with Crippen molar-refractivity contribution in [2.24, 2.45) is 0 Å². The number of likely N-dealkylation sites (tertiary alicyclic amines) is 1. The monoisotopic (exact) mass is 249 g/mol. The van der Waals surface area contributed by atoms with Crippen LogP contribution < -0.4 is 5.32 Å². The van der Waals surface area contributed by atoms with Crippen molar-refractivity contribution in [2.45, 2.75) is 25.9 Å². The Bertz CT molecular complexity index is 414. The SMILES string of the molecule is CCNc1cc(C(=O)N2CCC(O)CC2)ccn1. The molecule has 1 aromatic heterocycles. The van der Waals surface area contributed by atoms with E-state index in [4.69, 9.17) is 0 Å². The minimum Gasteiger partial charge on any atom is -0.393 e. The van der Waals surface area contributed by atoms with E-state index in [2.05, 4.69) is 10.3 Å². The van der Waals surface area contributed by atoms with E-state index in [9.17, 15) is 9.90 Å². The molecule has 0 aromatic carbocycles.